The molecule has 0 aromatic heterocycles. The van der Waals surface area contributed by atoms with E-state index in [1.165, 1.54) is 19.3 Å². The number of guanidine groups is 1. The predicted octanol–water partition coefficient (Wildman–Crippen LogP) is 2.00. The average molecular weight is 255 g/mol. The van der Waals surface area contributed by atoms with Crippen molar-refractivity contribution < 1.29 is 4.79 Å². The minimum Gasteiger partial charge on any atom is -0.342 e. The van der Waals surface area contributed by atoms with Gasteiger partial charge in [-0.05, 0) is 30.9 Å². The van der Waals surface area contributed by atoms with E-state index < -0.39 is 0 Å². The lowest BCUT2D eigenvalue weighted by molar-refractivity contribution is -0.115. The lowest BCUT2D eigenvalue weighted by Crippen LogP contribution is -2.43. The maximum Gasteiger partial charge on any atom is 0.276 e. The summed E-state index contributed by atoms with van der Waals surface area (Å²) in [6.45, 7) is 1.97. The van der Waals surface area contributed by atoms with E-state index >= 15 is 0 Å². The van der Waals surface area contributed by atoms with Crippen LogP contribution in [0, 0.1) is 0 Å². The van der Waals surface area contributed by atoms with Crippen LogP contribution in [0.15, 0.2) is 41.0 Å². The average Bonchev–Trinajstić information content (AvgIpc) is 2.82. The molecule has 0 bridgehead atoms. The molecule has 3 rings (SSSR count). The largest absolute Gasteiger partial charge is 0.342 e. The smallest absolute Gasteiger partial charge is 0.276 e. The van der Waals surface area contributed by atoms with Crippen LogP contribution in [0.2, 0.25) is 0 Å². The number of carbonyl (C=O) groups excluding carboxylic acids is 1. The zero-order valence-corrected chi connectivity index (χ0v) is 10.8. The van der Waals surface area contributed by atoms with Crippen molar-refractivity contribution >= 4 is 17.9 Å². The highest BCUT2D eigenvalue weighted by Crippen LogP contribution is 2.16. The molecule has 2 aliphatic rings. The summed E-state index contributed by atoms with van der Waals surface area (Å²) in [7, 11) is 0. The zero-order chi connectivity index (χ0) is 13.1. The van der Waals surface area contributed by atoms with Gasteiger partial charge in [0, 0.05) is 13.1 Å². The first-order valence-electron chi connectivity index (χ1n) is 6.75. The van der Waals surface area contributed by atoms with E-state index in [1.807, 2.05) is 36.4 Å². The number of piperidine rings is 1. The van der Waals surface area contributed by atoms with Gasteiger partial charge in [-0.15, -0.1) is 0 Å². The van der Waals surface area contributed by atoms with Gasteiger partial charge in [-0.1, -0.05) is 30.3 Å². The molecular weight excluding hydrogens is 238 g/mol. The van der Waals surface area contributed by atoms with E-state index in [0.717, 1.165) is 18.7 Å². The fraction of sp³-hybridized carbons (Fsp3) is 0.333. The topological polar surface area (TPSA) is 44.7 Å². The molecule has 1 N–H and O–H groups in total. The number of likely N-dealkylation sites (tertiary alicyclic amines) is 1. The third-order valence-electron chi connectivity index (χ3n) is 3.44. The van der Waals surface area contributed by atoms with Crippen molar-refractivity contribution in [1.82, 2.24) is 10.2 Å². The van der Waals surface area contributed by atoms with E-state index in [9.17, 15) is 4.79 Å². The number of nitrogens with one attached hydrogen (secondary N) is 1. The maximum atomic E-state index is 11.9. The zero-order valence-electron chi connectivity index (χ0n) is 10.8. The first-order chi connectivity index (χ1) is 9.33. The fourth-order valence-electron chi connectivity index (χ4n) is 2.42. The van der Waals surface area contributed by atoms with Crippen molar-refractivity contribution in [2.75, 3.05) is 13.1 Å². The molecule has 0 aliphatic carbocycles. The number of rotatable bonds is 1. The van der Waals surface area contributed by atoms with Crippen LogP contribution in [0.3, 0.4) is 0 Å². The van der Waals surface area contributed by atoms with E-state index in [0.29, 0.717) is 11.7 Å². The summed E-state index contributed by atoms with van der Waals surface area (Å²) < 4.78 is 0. The number of aliphatic imine (C=N–C) groups is 1. The number of nitrogens with zero attached hydrogens (tertiary/aromatic N) is 2. The molecule has 4 heteroatoms. The SMILES string of the molecule is O=C1NC(N2CCCCC2)=N/C1=C\c1ccccc1. The molecule has 1 fully saturated rings. The summed E-state index contributed by atoms with van der Waals surface area (Å²) >= 11 is 0. The Balaban J connectivity index is 1.81. The minimum atomic E-state index is -0.107. The van der Waals surface area contributed by atoms with Crippen LogP contribution in [0.1, 0.15) is 24.8 Å². The standard InChI is InChI=1S/C15H17N3O/c19-14-13(11-12-7-3-1-4-8-12)16-15(17-14)18-9-5-2-6-10-18/h1,3-4,7-8,11H,2,5-6,9-10H2,(H,16,17,19)/b13-11-. The molecule has 1 amide bonds. The Morgan fingerprint density at radius 2 is 1.84 bits per heavy atom. The van der Waals surface area contributed by atoms with Crippen LogP contribution in [0.4, 0.5) is 0 Å². The molecule has 1 aromatic carbocycles. The normalized spacial score (nSPS) is 21.5. The Labute approximate surface area is 112 Å². The van der Waals surface area contributed by atoms with Gasteiger partial charge in [0.25, 0.3) is 5.91 Å². The molecular formula is C15H17N3O. The highest BCUT2D eigenvalue weighted by atomic mass is 16.2. The van der Waals surface area contributed by atoms with Crippen molar-refractivity contribution in [3.05, 3.63) is 41.6 Å². The molecule has 0 saturated carbocycles. The van der Waals surface area contributed by atoms with Gasteiger partial charge in [0.15, 0.2) is 0 Å². The molecule has 0 radical (unpaired) electrons. The summed E-state index contributed by atoms with van der Waals surface area (Å²) in [5.74, 6) is 0.608. The Kier molecular flexibility index (Phi) is 3.31. The summed E-state index contributed by atoms with van der Waals surface area (Å²) in [6, 6.07) is 9.80. The number of hydrogen-bond donors (Lipinski definition) is 1. The maximum absolute atomic E-state index is 11.9. The Hall–Kier alpha value is -2.10. The van der Waals surface area contributed by atoms with Gasteiger partial charge in [-0.25, -0.2) is 4.99 Å². The van der Waals surface area contributed by atoms with Gasteiger partial charge < -0.3 is 4.90 Å². The van der Waals surface area contributed by atoms with Crippen LogP contribution in [0.5, 0.6) is 0 Å². The Bertz CT molecular complexity index is 528. The van der Waals surface area contributed by atoms with Crippen LogP contribution in [0.25, 0.3) is 6.08 Å². The quantitative estimate of drug-likeness (QED) is 0.780. The second-order valence-corrected chi connectivity index (χ2v) is 4.88. The predicted molar refractivity (Wildman–Crippen MR) is 75.4 cm³/mol. The van der Waals surface area contributed by atoms with Gasteiger partial charge in [-0.3, -0.25) is 10.1 Å². The Morgan fingerprint density at radius 1 is 1.11 bits per heavy atom. The number of benzene rings is 1. The van der Waals surface area contributed by atoms with Crippen LogP contribution < -0.4 is 5.32 Å². The van der Waals surface area contributed by atoms with Crippen molar-refractivity contribution in [1.29, 1.82) is 0 Å². The second kappa shape index (κ2) is 5.26. The molecule has 0 atom stereocenters. The summed E-state index contributed by atoms with van der Waals surface area (Å²) in [6.07, 6.45) is 5.44. The number of hydrogen-bond acceptors (Lipinski definition) is 3. The highest BCUT2D eigenvalue weighted by molar-refractivity contribution is 6.13. The van der Waals surface area contributed by atoms with Crippen molar-refractivity contribution in [3.8, 4) is 0 Å². The van der Waals surface area contributed by atoms with Gasteiger partial charge in [0.2, 0.25) is 5.96 Å². The molecule has 4 nitrogen and oxygen atoms in total. The molecule has 2 heterocycles. The van der Waals surface area contributed by atoms with E-state index in [1.54, 1.807) is 0 Å². The summed E-state index contributed by atoms with van der Waals surface area (Å²) in [4.78, 5) is 18.5. The first kappa shape index (κ1) is 12.0. The second-order valence-electron chi connectivity index (χ2n) is 4.88. The fourth-order valence-corrected chi connectivity index (χ4v) is 2.42. The molecule has 1 saturated heterocycles. The lowest BCUT2D eigenvalue weighted by atomic mass is 10.1. The van der Waals surface area contributed by atoms with Gasteiger partial charge in [-0.2, -0.15) is 0 Å². The van der Waals surface area contributed by atoms with Crippen LogP contribution in [-0.4, -0.2) is 29.9 Å². The van der Waals surface area contributed by atoms with Gasteiger partial charge in [0.05, 0.1) is 0 Å². The third-order valence-corrected chi connectivity index (χ3v) is 3.44. The van der Waals surface area contributed by atoms with E-state index in [4.69, 9.17) is 0 Å². The van der Waals surface area contributed by atoms with Crippen molar-refractivity contribution in [2.45, 2.75) is 19.3 Å². The number of carbonyl (C=O) groups is 1. The molecule has 2 aliphatic heterocycles. The summed E-state index contributed by atoms with van der Waals surface area (Å²) in [5.41, 5.74) is 1.49. The summed E-state index contributed by atoms with van der Waals surface area (Å²) in [5, 5.41) is 2.86. The third kappa shape index (κ3) is 2.67. The van der Waals surface area contributed by atoms with Gasteiger partial charge in [0.1, 0.15) is 5.70 Å². The van der Waals surface area contributed by atoms with Crippen LogP contribution in [-0.2, 0) is 4.79 Å². The van der Waals surface area contributed by atoms with Crippen molar-refractivity contribution in [2.24, 2.45) is 4.99 Å². The monoisotopic (exact) mass is 255 g/mol. The van der Waals surface area contributed by atoms with E-state index in [-0.39, 0.29) is 5.91 Å². The highest BCUT2D eigenvalue weighted by Gasteiger charge is 2.25. The number of amides is 1. The minimum absolute atomic E-state index is 0.107. The molecule has 19 heavy (non-hydrogen) atoms. The first-order valence-corrected chi connectivity index (χ1v) is 6.75. The molecule has 0 unspecified atom stereocenters. The molecule has 98 valence electrons. The molecule has 1 aromatic rings. The van der Waals surface area contributed by atoms with Crippen LogP contribution >= 0.6 is 0 Å². The van der Waals surface area contributed by atoms with Gasteiger partial charge >= 0.3 is 0 Å². The molecule has 0 spiro atoms. The lowest BCUT2D eigenvalue weighted by Gasteiger charge is -2.27. The van der Waals surface area contributed by atoms with E-state index in [2.05, 4.69) is 15.2 Å². The Morgan fingerprint density at radius 3 is 2.58 bits per heavy atom. The van der Waals surface area contributed by atoms with Crippen molar-refractivity contribution in [3.63, 3.8) is 0 Å².